The van der Waals surface area contributed by atoms with Gasteiger partial charge >= 0.3 is 0 Å². The van der Waals surface area contributed by atoms with E-state index in [0.29, 0.717) is 6.54 Å². The van der Waals surface area contributed by atoms with Crippen LogP contribution in [0, 0.1) is 0 Å². The molecular weight excluding hydrogens is 475 g/mol. The van der Waals surface area contributed by atoms with E-state index in [1.807, 2.05) is 48.7 Å². The number of methoxy groups -OCH3 is 1. The predicted octanol–water partition coefficient (Wildman–Crippen LogP) is 4.36. The number of ether oxygens (including phenoxy) is 1. The van der Waals surface area contributed by atoms with E-state index < -0.39 is 0 Å². The fourth-order valence-electron chi connectivity index (χ4n) is 2.92. The molecule has 1 aromatic heterocycles. The Morgan fingerprint density at radius 2 is 1.96 bits per heavy atom. The van der Waals surface area contributed by atoms with Crippen LogP contribution in [0.15, 0.2) is 53.7 Å². The average Bonchev–Trinajstić information content (AvgIpc) is 3.06. The van der Waals surface area contributed by atoms with E-state index in [4.69, 9.17) is 16.3 Å². The van der Waals surface area contributed by atoms with Crippen molar-refractivity contribution in [1.82, 2.24) is 15.6 Å². The number of guanidine groups is 1. The van der Waals surface area contributed by atoms with Crippen LogP contribution < -0.4 is 15.4 Å². The zero-order valence-electron chi connectivity index (χ0n) is 15.4. The molecule has 0 aliphatic heterocycles. The SMILES string of the molecule is CN=C(NCCc1c[nH]c2ccc(Cl)cc12)NCc1ccccc1OC.I. The Labute approximate surface area is 181 Å². The van der Waals surface area contributed by atoms with Crippen molar-refractivity contribution in [3.63, 3.8) is 0 Å². The van der Waals surface area contributed by atoms with Crippen molar-refractivity contribution in [3.05, 3.63) is 64.8 Å². The molecule has 3 N–H and O–H groups in total. The van der Waals surface area contributed by atoms with Crippen LogP contribution in [0.5, 0.6) is 5.75 Å². The first kappa shape index (κ1) is 21.4. The van der Waals surface area contributed by atoms with Gasteiger partial charge in [-0.3, -0.25) is 4.99 Å². The highest BCUT2D eigenvalue weighted by Crippen LogP contribution is 2.22. The summed E-state index contributed by atoms with van der Waals surface area (Å²) >= 11 is 6.11. The van der Waals surface area contributed by atoms with Gasteiger partial charge < -0.3 is 20.4 Å². The maximum Gasteiger partial charge on any atom is 0.191 e. The topological polar surface area (TPSA) is 61.4 Å². The number of hydrogen-bond acceptors (Lipinski definition) is 2. The van der Waals surface area contributed by atoms with Gasteiger partial charge in [-0.25, -0.2) is 0 Å². The lowest BCUT2D eigenvalue weighted by molar-refractivity contribution is 0.409. The van der Waals surface area contributed by atoms with Crippen molar-refractivity contribution in [1.29, 1.82) is 0 Å². The number of hydrogen-bond donors (Lipinski definition) is 3. The highest BCUT2D eigenvalue weighted by atomic mass is 127. The number of H-pyrrole nitrogens is 1. The highest BCUT2D eigenvalue weighted by molar-refractivity contribution is 14.0. The first-order valence-corrected chi connectivity index (χ1v) is 8.91. The summed E-state index contributed by atoms with van der Waals surface area (Å²) in [5.41, 5.74) is 3.42. The molecule has 2 aromatic carbocycles. The quantitative estimate of drug-likeness (QED) is 0.269. The number of aliphatic imine (C=N–C) groups is 1. The van der Waals surface area contributed by atoms with Crippen molar-refractivity contribution in [2.45, 2.75) is 13.0 Å². The fraction of sp³-hybridized carbons (Fsp3) is 0.250. The van der Waals surface area contributed by atoms with Gasteiger partial charge in [-0.1, -0.05) is 29.8 Å². The van der Waals surface area contributed by atoms with Crippen molar-refractivity contribution in [3.8, 4) is 5.75 Å². The normalized spacial score (nSPS) is 11.1. The molecule has 0 spiro atoms. The van der Waals surface area contributed by atoms with Crippen LogP contribution in [0.1, 0.15) is 11.1 Å². The molecule has 0 bridgehead atoms. The Morgan fingerprint density at radius 1 is 1.15 bits per heavy atom. The highest BCUT2D eigenvalue weighted by Gasteiger charge is 2.06. The van der Waals surface area contributed by atoms with Gasteiger partial charge in [0.2, 0.25) is 0 Å². The second-order valence-corrected chi connectivity index (χ2v) is 6.35. The Kier molecular flexibility index (Phi) is 8.24. The first-order chi connectivity index (χ1) is 12.7. The van der Waals surface area contributed by atoms with Gasteiger partial charge in [0.1, 0.15) is 5.75 Å². The molecule has 3 aromatic rings. The third-order valence-corrected chi connectivity index (χ3v) is 4.51. The zero-order valence-corrected chi connectivity index (χ0v) is 18.5. The van der Waals surface area contributed by atoms with E-state index in [9.17, 15) is 0 Å². The molecule has 0 atom stereocenters. The van der Waals surface area contributed by atoms with E-state index in [2.05, 4.69) is 20.6 Å². The zero-order chi connectivity index (χ0) is 18.4. The number of nitrogens with zero attached hydrogens (tertiary/aromatic N) is 1. The van der Waals surface area contributed by atoms with Crippen LogP contribution >= 0.6 is 35.6 Å². The minimum atomic E-state index is 0. The molecule has 1 heterocycles. The minimum absolute atomic E-state index is 0. The maximum absolute atomic E-state index is 6.11. The summed E-state index contributed by atoms with van der Waals surface area (Å²) < 4.78 is 5.38. The summed E-state index contributed by atoms with van der Waals surface area (Å²) in [5.74, 6) is 1.62. The molecule has 0 fully saturated rings. The van der Waals surface area contributed by atoms with Gasteiger partial charge in [-0.05, 0) is 36.2 Å². The molecule has 0 unspecified atom stereocenters. The van der Waals surface area contributed by atoms with Gasteiger partial charge in [-0.2, -0.15) is 0 Å². The minimum Gasteiger partial charge on any atom is -0.496 e. The number of rotatable bonds is 6. The molecule has 144 valence electrons. The lowest BCUT2D eigenvalue weighted by atomic mass is 10.1. The average molecular weight is 499 g/mol. The number of aromatic nitrogens is 1. The van der Waals surface area contributed by atoms with E-state index in [0.717, 1.165) is 46.2 Å². The van der Waals surface area contributed by atoms with Gasteiger partial charge in [0, 0.05) is 47.8 Å². The Morgan fingerprint density at radius 3 is 2.74 bits per heavy atom. The number of nitrogens with one attached hydrogen (secondary N) is 3. The largest absolute Gasteiger partial charge is 0.496 e. The van der Waals surface area contributed by atoms with E-state index in [-0.39, 0.29) is 24.0 Å². The fourth-order valence-corrected chi connectivity index (χ4v) is 3.09. The lowest BCUT2D eigenvalue weighted by Crippen LogP contribution is -2.37. The standard InChI is InChI=1S/C20H23ClN4O.HI/c1-22-20(25-13-15-5-3-4-6-19(15)26-2)23-10-9-14-12-24-18-8-7-16(21)11-17(14)18;/h3-8,11-12,24H,9-10,13H2,1-2H3,(H2,22,23,25);1H. The third-order valence-electron chi connectivity index (χ3n) is 4.28. The number of benzene rings is 2. The van der Waals surface area contributed by atoms with E-state index in [1.54, 1.807) is 14.2 Å². The first-order valence-electron chi connectivity index (χ1n) is 8.53. The third kappa shape index (κ3) is 5.52. The van der Waals surface area contributed by atoms with Crippen molar-refractivity contribution >= 4 is 52.4 Å². The number of halogens is 2. The van der Waals surface area contributed by atoms with Crippen molar-refractivity contribution in [2.75, 3.05) is 20.7 Å². The molecule has 7 heteroatoms. The molecule has 5 nitrogen and oxygen atoms in total. The maximum atomic E-state index is 6.11. The molecule has 0 saturated carbocycles. The number of fused-ring (bicyclic) bond motifs is 1. The Bertz CT molecular complexity index is 910. The van der Waals surface area contributed by atoms with E-state index in [1.165, 1.54) is 5.56 Å². The smallest absolute Gasteiger partial charge is 0.191 e. The van der Waals surface area contributed by atoms with Crippen LogP contribution in [0.3, 0.4) is 0 Å². The summed E-state index contributed by atoms with van der Waals surface area (Å²) in [5, 5.41) is 8.58. The summed E-state index contributed by atoms with van der Waals surface area (Å²) in [6.45, 7) is 1.41. The number of aromatic amines is 1. The van der Waals surface area contributed by atoms with E-state index >= 15 is 0 Å². The van der Waals surface area contributed by atoms with Crippen LogP contribution in [0.2, 0.25) is 5.02 Å². The predicted molar refractivity (Wildman–Crippen MR) is 124 cm³/mol. The van der Waals surface area contributed by atoms with Crippen LogP contribution in [0.4, 0.5) is 0 Å². The van der Waals surface area contributed by atoms with Crippen LogP contribution in [-0.2, 0) is 13.0 Å². The van der Waals surface area contributed by atoms with Gasteiger partial charge in [-0.15, -0.1) is 24.0 Å². The summed E-state index contributed by atoms with van der Waals surface area (Å²) in [6, 6.07) is 13.8. The Hall–Kier alpha value is -1.93. The Balaban J connectivity index is 0.00000261. The molecule has 27 heavy (non-hydrogen) atoms. The molecule has 0 radical (unpaired) electrons. The van der Waals surface area contributed by atoms with Crippen molar-refractivity contribution in [2.24, 2.45) is 4.99 Å². The van der Waals surface area contributed by atoms with Crippen LogP contribution in [0.25, 0.3) is 10.9 Å². The molecular formula is C20H24ClIN4O. The summed E-state index contributed by atoms with van der Waals surface area (Å²) in [4.78, 5) is 7.56. The number of para-hydroxylation sites is 1. The second-order valence-electron chi connectivity index (χ2n) is 5.92. The van der Waals surface area contributed by atoms with Crippen LogP contribution in [-0.4, -0.2) is 31.6 Å². The summed E-state index contributed by atoms with van der Waals surface area (Å²) in [7, 11) is 3.45. The molecule has 0 saturated heterocycles. The van der Waals surface area contributed by atoms with Gasteiger partial charge in [0.05, 0.1) is 7.11 Å². The molecule has 0 aliphatic rings. The van der Waals surface area contributed by atoms with Gasteiger partial charge in [0.25, 0.3) is 0 Å². The second kappa shape index (κ2) is 10.4. The molecule has 0 aliphatic carbocycles. The lowest BCUT2D eigenvalue weighted by Gasteiger charge is -2.13. The van der Waals surface area contributed by atoms with Gasteiger partial charge in [0.15, 0.2) is 5.96 Å². The van der Waals surface area contributed by atoms with Crippen molar-refractivity contribution < 1.29 is 4.74 Å². The molecule has 3 rings (SSSR count). The molecule has 0 amide bonds. The monoisotopic (exact) mass is 498 g/mol. The summed E-state index contributed by atoms with van der Waals surface area (Å²) in [6.07, 6.45) is 2.91.